The van der Waals surface area contributed by atoms with E-state index in [-0.39, 0.29) is 0 Å². The molecule has 0 amide bonds. The number of hydrogen-bond acceptors (Lipinski definition) is 5. The van der Waals surface area contributed by atoms with Gasteiger partial charge in [-0.15, -0.1) is 0 Å². The third-order valence-corrected chi connectivity index (χ3v) is 3.63. The summed E-state index contributed by atoms with van der Waals surface area (Å²) in [7, 11) is 0. The highest BCUT2D eigenvalue weighted by Crippen LogP contribution is 2.22. The van der Waals surface area contributed by atoms with E-state index < -0.39 is 5.97 Å². The van der Waals surface area contributed by atoms with Crippen LogP contribution in [0.2, 0.25) is 0 Å². The fourth-order valence-corrected chi connectivity index (χ4v) is 2.56. The minimum atomic E-state index is -0.887. The Labute approximate surface area is 122 Å². The molecule has 1 aliphatic heterocycles. The molecule has 0 bridgehead atoms. The summed E-state index contributed by atoms with van der Waals surface area (Å²) in [4.78, 5) is 23.9. The average Bonchev–Trinajstić information content (AvgIpc) is 2.56. The second-order valence-corrected chi connectivity index (χ2v) is 4.86. The number of para-hydroxylation sites is 1. The van der Waals surface area contributed by atoms with Crippen LogP contribution in [0.1, 0.15) is 10.4 Å². The number of carbonyl (C=O) groups is 1. The minimum Gasteiger partial charge on any atom is -0.478 e. The van der Waals surface area contributed by atoms with Gasteiger partial charge in [-0.3, -0.25) is 4.98 Å². The first kappa shape index (κ1) is 13.4. The summed E-state index contributed by atoms with van der Waals surface area (Å²) >= 11 is 0. The molecule has 1 N–H and O–H groups in total. The van der Waals surface area contributed by atoms with Gasteiger partial charge in [-0.05, 0) is 12.1 Å². The van der Waals surface area contributed by atoms with Gasteiger partial charge in [0.15, 0.2) is 0 Å². The molecule has 0 aliphatic carbocycles. The molecule has 0 unspecified atom stereocenters. The van der Waals surface area contributed by atoms with Gasteiger partial charge in [-0.2, -0.15) is 0 Å². The van der Waals surface area contributed by atoms with Crippen molar-refractivity contribution in [3.05, 3.63) is 48.4 Å². The van der Waals surface area contributed by atoms with E-state index in [1.54, 1.807) is 30.7 Å². The number of rotatable bonds is 3. The molecule has 2 aromatic rings. The number of carboxylic acid groups (broad SMARTS) is 1. The van der Waals surface area contributed by atoms with Crippen LogP contribution in [0.15, 0.2) is 42.9 Å². The zero-order chi connectivity index (χ0) is 14.7. The van der Waals surface area contributed by atoms with Crippen LogP contribution in [-0.4, -0.2) is 47.2 Å². The highest BCUT2D eigenvalue weighted by Gasteiger charge is 2.21. The lowest BCUT2D eigenvalue weighted by atomic mass is 10.1. The largest absolute Gasteiger partial charge is 0.478 e. The zero-order valence-corrected chi connectivity index (χ0v) is 11.5. The van der Waals surface area contributed by atoms with E-state index in [4.69, 9.17) is 0 Å². The zero-order valence-electron chi connectivity index (χ0n) is 11.5. The van der Waals surface area contributed by atoms with Crippen LogP contribution in [0.3, 0.4) is 0 Å². The van der Waals surface area contributed by atoms with E-state index in [0.717, 1.165) is 37.7 Å². The molecule has 3 rings (SSSR count). The van der Waals surface area contributed by atoms with Crippen molar-refractivity contribution in [1.82, 2.24) is 9.97 Å². The van der Waals surface area contributed by atoms with Gasteiger partial charge in [0.25, 0.3) is 0 Å². The molecule has 0 saturated carbocycles. The third kappa shape index (κ3) is 2.79. The molecule has 1 fully saturated rings. The molecule has 0 radical (unpaired) electrons. The van der Waals surface area contributed by atoms with E-state index in [9.17, 15) is 9.90 Å². The second-order valence-electron chi connectivity index (χ2n) is 4.86. The van der Waals surface area contributed by atoms with Gasteiger partial charge in [0, 0.05) is 38.6 Å². The highest BCUT2D eigenvalue weighted by atomic mass is 16.4. The molecule has 0 spiro atoms. The number of benzene rings is 1. The molecular weight excluding hydrogens is 268 g/mol. The summed E-state index contributed by atoms with van der Waals surface area (Å²) < 4.78 is 0. The first-order chi connectivity index (χ1) is 10.3. The van der Waals surface area contributed by atoms with Crippen LogP contribution < -0.4 is 9.80 Å². The van der Waals surface area contributed by atoms with Gasteiger partial charge in [0.05, 0.1) is 17.4 Å². The van der Waals surface area contributed by atoms with Crippen LogP contribution in [-0.2, 0) is 0 Å². The Bertz CT molecular complexity index is 625. The second kappa shape index (κ2) is 5.78. The SMILES string of the molecule is O=C(O)c1ccccc1N1CCN(c2cnccn2)CC1. The number of piperazine rings is 1. The topological polar surface area (TPSA) is 69.6 Å². The summed E-state index contributed by atoms with van der Waals surface area (Å²) in [6.07, 6.45) is 5.09. The Morgan fingerprint density at radius 1 is 1.05 bits per heavy atom. The quantitative estimate of drug-likeness (QED) is 0.921. The van der Waals surface area contributed by atoms with E-state index in [1.165, 1.54) is 0 Å². The summed E-state index contributed by atoms with van der Waals surface area (Å²) in [6.45, 7) is 3.13. The van der Waals surface area contributed by atoms with Crippen LogP contribution in [0, 0.1) is 0 Å². The number of nitrogens with zero attached hydrogens (tertiary/aromatic N) is 4. The van der Waals surface area contributed by atoms with Crippen LogP contribution in [0.25, 0.3) is 0 Å². The van der Waals surface area contributed by atoms with Gasteiger partial charge in [-0.25, -0.2) is 9.78 Å². The maximum atomic E-state index is 11.3. The number of aromatic carboxylic acids is 1. The van der Waals surface area contributed by atoms with E-state index in [0.29, 0.717) is 5.56 Å². The Balaban J connectivity index is 1.73. The van der Waals surface area contributed by atoms with Gasteiger partial charge in [0.2, 0.25) is 0 Å². The van der Waals surface area contributed by atoms with Crippen molar-refractivity contribution in [2.45, 2.75) is 0 Å². The molecular formula is C15H16N4O2. The van der Waals surface area contributed by atoms with Crippen molar-refractivity contribution >= 4 is 17.5 Å². The maximum absolute atomic E-state index is 11.3. The monoisotopic (exact) mass is 284 g/mol. The number of hydrogen-bond donors (Lipinski definition) is 1. The predicted octanol–water partition coefficient (Wildman–Crippen LogP) is 1.50. The van der Waals surface area contributed by atoms with Crippen molar-refractivity contribution in [3.8, 4) is 0 Å². The molecule has 1 aromatic carbocycles. The summed E-state index contributed by atoms with van der Waals surface area (Å²) in [5.74, 6) is -0.0226. The van der Waals surface area contributed by atoms with Crippen molar-refractivity contribution in [2.24, 2.45) is 0 Å². The summed E-state index contributed by atoms with van der Waals surface area (Å²) in [6, 6.07) is 7.13. The minimum absolute atomic E-state index is 0.352. The van der Waals surface area contributed by atoms with Crippen molar-refractivity contribution in [3.63, 3.8) is 0 Å². The van der Waals surface area contributed by atoms with Crippen LogP contribution in [0.5, 0.6) is 0 Å². The Morgan fingerprint density at radius 3 is 2.43 bits per heavy atom. The summed E-state index contributed by atoms with van der Waals surface area (Å²) in [5, 5.41) is 9.27. The first-order valence-electron chi connectivity index (χ1n) is 6.84. The maximum Gasteiger partial charge on any atom is 0.337 e. The molecule has 1 saturated heterocycles. The number of carboxylic acids is 1. The van der Waals surface area contributed by atoms with Crippen molar-refractivity contribution < 1.29 is 9.90 Å². The van der Waals surface area contributed by atoms with E-state index in [1.807, 2.05) is 12.1 Å². The normalized spacial score (nSPS) is 15.0. The Hall–Kier alpha value is -2.63. The molecule has 1 aliphatic rings. The molecule has 2 heterocycles. The van der Waals surface area contributed by atoms with E-state index in [2.05, 4.69) is 19.8 Å². The lowest BCUT2D eigenvalue weighted by molar-refractivity contribution is 0.0697. The number of anilines is 2. The fourth-order valence-electron chi connectivity index (χ4n) is 2.56. The lowest BCUT2D eigenvalue weighted by Crippen LogP contribution is -2.47. The lowest BCUT2D eigenvalue weighted by Gasteiger charge is -2.37. The summed E-state index contributed by atoms with van der Waals surface area (Å²) in [5.41, 5.74) is 1.13. The average molecular weight is 284 g/mol. The molecule has 1 aromatic heterocycles. The van der Waals surface area contributed by atoms with E-state index >= 15 is 0 Å². The standard InChI is InChI=1S/C15H16N4O2/c20-15(21)12-3-1-2-4-13(12)18-7-9-19(10-8-18)14-11-16-5-6-17-14/h1-6,11H,7-10H2,(H,20,21). The van der Waals surface area contributed by atoms with Gasteiger partial charge < -0.3 is 14.9 Å². The van der Waals surface area contributed by atoms with Crippen LogP contribution >= 0.6 is 0 Å². The molecule has 0 atom stereocenters. The van der Waals surface area contributed by atoms with Crippen molar-refractivity contribution in [2.75, 3.05) is 36.0 Å². The third-order valence-electron chi connectivity index (χ3n) is 3.63. The molecule has 21 heavy (non-hydrogen) atoms. The van der Waals surface area contributed by atoms with Gasteiger partial charge in [-0.1, -0.05) is 12.1 Å². The van der Waals surface area contributed by atoms with Crippen molar-refractivity contribution in [1.29, 1.82) is 0 Å². The Kier molecular flexibility index (Phi) is 3.68. The number of aromatic nitrogens is 2. The first-order valence-corrected chi connectivity index (χ1v) is 6.84. The molecule has 6 nitrogen and oxygen atoms in total. The van der Waals surface area contributed by atoms with Gasteiger partial charge >= 0.3 is 5.97 Å². The smallest absolute Gasteiger partial charge is 0.337 e. The molecule has 108 valence electrons. The fraction of sp³-hybridized carbons (Fsp3) is 0.267. The highest BCUT2D eigenvalue weighted by molar-refractivity contribution is 5.94. The molecule has 6 heteroatoms. The van der Waals surface area contributed by atoms with Crippen LogP contribution in [0.4, 0.5) is 11.5 Å². The van der Waals surface area contributed by atoms with Gasteiger partial charge in [0.1, 0.15) is 5.82 Å². The predicted molar refractivity (Wildman–Crippen MR) is 79.9 cm³/mol. The Morgan fingerprint density at radius 2 is 1.76 bits per heavy atom.